The van der Waals surface area contributed by atoms with Crippen molar-refractivity contribution >= 4 is 23.2 Å². The molecule has 5 nitrogen and oxygen atoms in total. The van der Waals surface area contributed by atoms with Crippen LogP contribution in [0.15, 0.2) is 42.5 Å². The van der Waals surface area contributed by atoms with E-state index >= 15 is 0 Å². The number of hydrogen-bond donors (Lipinski definition) is 1. The van der Waals surface area contributed by atoms with Gasteiger partial charge in [-0.2, -0.15) is 0 Å². The van der Waals surface area contributed by atoms with Crippen LogP contribution in [0.1, 0.15) is 29.5 Å². The van der Waals surface area contributed by atoms with E-state index in [1.54, 1.807) is 0 Å². The van der Waals surface area contributed by atoms with Crippen molar-refractivity contribution in [3.05, 3.63) is 59.2 Å². The van der Waals surface area contributed by atoms with Gasteiger partial charge in [0.2, 0.25) is 11.8 Å². The number of amides is 2. The molecular weight excluding hydrogens is 362 g/mol. The second-order valence-corrected chi connectivity index (χ2v) is 8.40. The van der Waals surface area contributed by atoms with Crippen LogP contribution < -0.4 is 10.2 Å². The van der Waals surface area contributed by atoms with Crippen molar-refractivity contribution in [1.82, 2.24) is 4.90 Å². The van der Waals surface area contributed by atoms with Gasteiger partial charge in [-0.3, -0.25) is 9.59 Å². The fraction of sp³-hybridized carbons (Fsp3) is 0.417. The van der Waals surface area contributed by atoms with E-state index in [9.17, 15) is 9.59 Å². The molecule has 0 unspecified atom stereocenters. The van der Waals surface area contributed by atoms with Crippen LogP contribution in [0, 0.1) is 26.2 Å². The van der Waals surface area contributed by atoms with Crippen LogP contribution in [0.25, 0.3) is 0 Å². The van der Waals surface area contributed by atoms with Gasteiger partial charge in [-0.1, -0.05) is 29.8 Å². The first kappa shape index (κ1) is 19.5. The van der Waals surface area contributed by atoms with Crippen LogP contribution >= 0.6 is 0 Å². The van der Waals surface area contributed by atoms with Crippen molar-refractivity contribution in [2.24, 2.45) is 5.41 Å². The molecule has 2 fully saturated rings. The molecule has 1 aliphatic carbocycles. The smallest absolute Gasteiger partial charge is 0.240 e. The molecule has 1 saturated heterocycles. The van der Waals surface area contributed by atoms with Crippen LogP contribution in [0.3, 0.4) is 0 Å². The summed E-state index contributed by atoms with van der Waals surface area (Å²) in [6, 6.07) is 14.1. The van der Waals surface area contributed by atoms with Gasteiger partial charge in [0.05, 0.1) is 0 Å². The average Bonchev–Trinajstić information content (AvgIpc) is 3.54. The van der Waals surface area contributed by atoms with Crippen molar-refractivity contribution in [2.45, 2.75) is 33.6 Å². The van der Waals surface area contributed by atoms with E-state index in [4.69, 9.17) is 0 Å². The minimum absolute atomic E-state index is 0.0114. The van der Waals surface area contributed by atoms with E-state index in [0.717, 1.165) is 24.3 Å². The quantitative estimate of drug-likeness (QED) is 0.809. The second kappa shape index (κ2) is 7.54. The molecule has 2 aromatic carbocycles. The maximum Gasteiger partial charge on any atom is 0.240 e. The lowest BCUT2D eigenvalue weighted by Gasteiger charge is -2.38. The number of aryl methyl sites for hydroxylation is 2. The van der Waals surface area contributed by atoms with Crippen LogP contribution in [-0.4, -0.2) is 42.9 Å². The fourth-order valence-electron chi connectivity index (χ4n) is 4.08. The molecule has 0 aromatic heterocycles. The first-order chi connectivity index (χ1) is 13.9. The molecule has 29 heavy (non-hydrogen) atoms. The molecule has 0 atom stereocenters. The van der Waals surface area contributed by atoms with Gasteiger partial charge >= 0.3 is 0 Å². The van der Waals surface area contributed by atoms with Crippen LogP contribution in [0.2, 0.25) is 0 Å². The zero-order chi connectivity index (χ0) is 20.6. The molecule has 152 valence electrons. The summed E-state index contributed by atoms with van der Waals surface area (Å²) in [7, 11) is 0. The average molecular weight is 392 g/mol. The molecule has 2 aromatic rings. The molecule has 4 rings (SSSR count). The van der Waals surface area contributed by atoms with E-state index in [1.165, 1.54) is 16.8 Å². The summed E-state index contributed by atoms with van der Waals surface area (Å²) in [5, 5.41) is 2.94. The highest BCUT2D eigenvalue weighted by Gasteiger charge is 2.58. The van der Waals surface area contributed by atoms with Gasteiger partial charge in [-0.15, -0.1) is 0 Å². The van der Waals surface area contributed by atoms with Gasteiger partial charge in [-0.05, 0) is 62.9 Å². The monoisotopic (exact) mass is 391 g/mol. The Hall–Kier alpha value is -2.82. The molecule has 0 spiro atoms. The SMILES string of the molecule is Cc1ccc(NC(=O)C2(C(=O)N3CCN(c4cccc(C)c4C)CC3)CC2)cc1. The fourth-order valence-corrected chi connectivity index (χ4v) is 4.08. The molecule has 0 bridgehead atoms. The lowest BCUT2D eigenvalue weighted by atomic mass is 10.0. The minimum atomic E-state index is -0.869. The van der Waals surface area contributed by atoms with E-state index in [2.05, 4.69) is 42.3 Å². The number of benzene rings is 2. The molecule has 0 radical (unpaired) electrons. The van der Waals surface area contributed by atoms with Gasteiger partial charge in [0.25, 0.3) is 0 Å². The van der Waals surface area contributed by atoms with E-state index < -0.39 is 5.41 Å². The molecule has 1 saturated carbocycles. The van der Waals surface area contributed by atoms with Gasteiger partial charge in [0.15, 0.2) is 0 Å². The number of carbonyl (C=O) groups excluding carboxylic acids is 2. The number of anilines is 2. The molecule has 2 amide bonds. The van der Waals surface area contributed by atoms with Crippen molar-refractivity contribution in [3.63, 3.8) is 0 Å². The molecule has 2 aliphatic rings. The maximum absolute atomic E-state index is 13.2. The Labute approximate surface area is 172 Å². The number of rotatable bonds is 4. The van der Waals surface area contributed by atoms with Gasteiger partial charge in [-0.25, -0.2) is 0 Å². The highest BCUT2D eigenvalue weighted by Crippen LogP contribution is 2.48. The second-order valence-electron chi connectivity index (χ2n) is 8.40. The third-order valence-electron chi connectivity index (χ3n) is 6.39. The standard InChI is InChI=1S/C24H29N3O2/c1-17-7-9-20(10-8-17)25-22(28)24(11-12-24)23(29)27-15-13-26(14-16-27)21-6-4-5-18(2)19(21)3/h4-10H,11-16H2,1-3H3,(H,25,28). The predicted molar refractivity (Wildman–Crippen MR) is 116 cm³/mol. The first-order valence-electron chi connectivity index (χ1n) is 10.4. The summed E-state index contributed by atoms with van der Waals surface area (Å²) in [6.45, 7) is 9.20. The normalized spacial score (nSPS) is 17.8. The Morgan fingerprint density at radius 2 is 1.55 bits per heavy atom. The van der Waals surface area contributed by atoms with Gasteiger partial charge < -0.3 is 15.1 Å². The van der Waals surface area contributed by atoms with Crippen molar-refractivity contribution in [1.29, 1.82) is 0 Å². The Morgan fingerprint density at radius 3 is 2.17 bits per heavy atom. The van der Waals surface area contributed by atoms with E-state index in [1.807, 2.05) is 36.1 Å². The van der Waals surface area contributed by atoms with Crippen molar-refractivity contribution in [3.8, 4) is 0 Å². The number of hydrogen-bond acceptors (Lipinski definition) is 3. The maximum atomic E-state index is 13.2. The predicted octanol–water partition coefficient (Wildman–Crippen LogP) is 3.68. The number of carbonyl (C=O) groups is 2. The van der Waals surface area contributed by atoms with Crippen molar-refractivity contribution < 1.29 is 9.59 Å². The lowest BCUT2D eigenvalue weighted by Crippen LogP contribution is -2.52. The summed E-state index contributed by atoms with van der Waals surface area (Å²) in [6.07, 6.45) is 1.28. The largest absolute Gasteiger partial charge is 0.368 e. The van der Waals surface area contributed by atoms with Crippen LogP contribution in [0.4, 0.5) is 11.4 Å². The lowest BCUT2D eigenvalue weighted by molar-refractivity contribution is -0.142. The van der Waals surface area contributed by atoms with E-state index in [0.29, 0.717) is 25.9 Å². The van der Waals surface area contributed by atoms with Crippen LogP contribution in [0.5, 0.6) is 0 Å². The number of nitrogens with one attached hydrogen (secondary N) is 1. The highest BCUT2D eigenvalue weighted by molar-refractivity contribution is 6.13. The summed E-state index contributed by atoms with van der Waals surface area (Å²) in [5.74, 6) is -0.175. The summed E-state index contributed by atoms with van der Waals surface area (Å²) < 4.78 is 0. The topological polar surface area (TPSA) is 52.7 Å². The molecule has 5 heteroatoms. The van der Waals surface area contributed by atoms with Crippen molar-refractivity contribution in [2.75, 3.05) is 36.4 Å². The zero-order valence-electron chi connectivity index (χ0n) is 17.5. The molecule has 1 N–H and O–H groups in total. The van der Waals surface area contributed by atoms with E-state index in [-0.39, 0.29) is 11.8 Å². The molecule has 1 heterocycles. The van der Waals surface area contributed by atoms with Gasteiger partial charge in [0.1, 0.15) is 5.41 Å². The zero-order valence-corrected chi connectivity index (χ0v) is 17.5. The number of nitrogens with zero attached hydrogens (tertiary/aromatic N) is 2. The summed E-state index contributed by atoms with van der Waals surface area (Å²) in [4.78, 5) is 30.3. The summed E-state index contributed by atoms with van der Waals surface area (Å²) in [5.41, 5.74) is 4.84. The molecular formula is C24H29N3O2. The minimum Gasteiger partial charge on any atom is -0.368 e. The van der Waals surface area contributed by atoms with Gasteiger partial charge in [0, 0.05) is 37.6 Å². The number of piperazine rings is 1. The summed E-state index contributed by atoms with van der Waals surface area (Å²) >= 11 is 0. The molecule has 1 aliphatic heterocycles. The highest BCUT2D eigenvalue weighted by atomic mass is 16.2. The Balaban J connectivity index is 1.39. The first-order valence-corrected chi connectivity index (χ1v) is 10.4. The Kier molecular flexibility index (Phi) is 5.07. The third-order valence-corrected chi connectivity index (χ3v) is 6.39. The Morgan fingerprint density at radius 1 is 0.897 bits per heavy atom. The van der Waals surface area contributed by atoms with Crippen LogP contribution in [-0.2, 0) is 9.59 Å². The third kappa shape index (κ3) is 3.74. The Bertz CT molecular complexity index is 924.